The van der Waals surface area contributed by atoms with Gasteiger partial charge in [-0.25, -0.2) is 4.39 Å². The van der Waals surface area contributed by atoms with Crippen LogP contribution in [0.2, 0.25) is 5.02 Å². The molecule has 25 heavy (non-hydrogen) atoms. The number of halogens is 2. The normalized spacial score (nSPS) is 16.5. The van der Waals surface area contributed by atoms with E-state index < -0.39 is 0 Å². The molecule has 1 saturated heterocycles. The molecule has 2 aromatic rings. The standard InChI is InChI=1S/C19H21ClFN3O/c1-14(19(25)22-16-6-4-5-15(21)13-16)23-9-11-24(12-10-23)18-8-3-2-7-17(18)20/h2-8,13-14H,9-12H2,1H3,(H,22,25)/t14-/m0/s1. The molecule has 0 aromatic heterocycles. The predicted octanol–water partition coefficient (Wildman–Crippen LogP) is 3.63. The summed E-state index contributed by atoms with van der Waals surface area (Å²) in [4.78, 5) is 16.8. The van der Waals surface area contributed by atoms with Crippen LogP contribution in [0.3, 0.4) is 0 Å². The molecule has 132 valence electrons. The lowest BCUT2D eigenvalue weighted by molar-refractivity contribution is -0.120. The fraction of sp³-hybridized carbons (Fsp3) is 0.316. The van der Waals surface area contributed by atoms with E-state index in [1.54, 1.807) is 12.1 Å². The Morgan fingerprint density at radius 1 is 1.12 bits per heavy atom. The van der Waals surface area contributed by atoms with Gasteiger partial charge < -0.3 is 10.2 Å². The summed E-state index contributed by atoms with van der Waals surface area (Å²) < 4.78 is 13.2. The average Bonchev–Trinajstić information content (AvgIpc) is 2.62. The van der Waals surface area contributed by atoms with Crippen LogP contribution in [0.4, 0.5) is 15.8 Å². The van der Waals surface area contributed by atoms with Crippen LogP contribution >= 0.6 is 11.6 Å². The van der Waals surface area contributed by atoms with Gasteiger partial charge >= 0.3 is 0 Å². The first-order valence-corrected chi connectivity index (χ1v) is 8.72. The molecule has 1 heterocycles. The lowest BCUT2D eigenvalue weighted by Gasteiger charge is -2.38. The van der Waals surface area contributed by atoms with Crippen molar-refractivity contribution in [1.82, 2.24) is 4.90 Å². The third kappa shape index (κ3) is 4.30. The van der Waals surface area contributed by atoms with Gasteiger partial charge in [0, 0.05) is 31.9 Å². The minimum absolute atomic E-state index is 0.128. The molecule has 3 rings (SSSR count). The van der Waals surface area contributed by atoms with E-state index in [4.69, 9.17) is 11.6 Å². The van der Waals surface area contributed by atoms with Gasteiger partial charge in [-0.15, -0.1) is 0 Å². The van der Waals surface area contributed by atoms with Crippen LogP contribution in [0.1, 0.15) is 6.92 Å². The Morgan fingerprint density at radius 2 is 1.84 bits per heavy atom. The first-order chi connectivity index (χ1) is 12.0. The van der Waals surface area contributed by atoms with E-state index in [1.165, 1.54) is 12.1 Å². The predicted molar refractivity (Wildman–Crippen MR) is 99.7 cm³/mol. The minimum Gasteiger partial charge on any atom is -0.368 e. The van der Waals surface area contributed by atoms with Crippen molar-refractivity contribution in [1.29, 1.82) is 0 Å². The molecule has 2 aromatic carbocycles. The molecule has 4 nitrogen and oxygen atoms in total. The van der Waals surface area contributed by atoms with Crippen molar-refractivity contribution < 1.29 is 9.18 Å². The first-order valence-electron chi connectivity index (χ1n) is 8.34. The lowest BCUT2D eigenvalue weighted by Crippen LogP contribution is -2.52. The maximum atomic E-state index is 13.2. The third-order valence-electron chi connectivity index (χ3n) is 4.53. The van der Waals surface area contributed by atoms with Crippen molar-refractivity contribution in [3.63, 3.8) is 0 Å². The van der Waals surface area contributed by atoms with E-state index in [1.807, 2.05) is 31.2 Å². The number of carbonyl (C=O) groups is 1. The maximum Gasteiger partial charge on any atom is 0.241 e. The van der Waals surface area contributed by atoms with Crippen molar-refractivity contribution in [2.75, 3.05) is 36.4 Å². The monoisotopic (exact) mass is 361 g/mol. The third-order valence-corrected chi connectivity index (χ3v) is 4.85. The molecule has 1 N–H and O–H groups in total. The van der Waals surface area contributed by atoms with E-state index >= 15 is 0 Å². The van der Waals surface area contributed by atoms with E-state index in [-0.39, 0.29) is 17.8 Å². The van der Waals surface area contributed by atoms with Gasteiger partial charge in [-0.2, -0.15) is 0 Å². The molecule has 1 aliphatic rings. The highest BCUT2D eigenvalue weighted by Crippen LogP contribution is 2.26. The summed E-state index contributed by atoms with van der Waals surface area (Å²) in [6, 6.07) is 13.4. The number of hydrogen-bond donors (Lipinski definition) is 1. The average molecular weight is 362 g/mol. The summed E-state index contributed by atoms with van der Waals surface area (Å²) in [5.74, 6) is -0.490. The van der Waals surface area contributed by atoms with Crippen LogP contribution < -0.4 is 10.2 Å². The zero-order valence-corrected chi connectivity index (χ0v) is 14.8. The molecular formula is C19H21ClFN3O. The Morgan fingerprint density at radius 3 is 2.52 bits per heavy atom. The number of nitrogens with one attached hydrogen (secondary N) is 1. The summed E-state index contributed by atoms with van der Waals surface area (Å²) in [5.41, 5.74) is 1.51. The van der Waals surface area contributed by atoms with E-state index in [0.717, 1.165) is 36.9 Å². The number of carbonyl (C=O) groups excluding carboxylic acids is 1. The lowest BCUT2D eigenvalue weighted by atomic mass is 10.2. The fourth-order valence-corrected chi connectivity index (χ4v) is 3.29. The zero-order valence-electron chi connectivity index (χ0n) is 14.1. The van der Waals surface area contributed by atoms with Crippen LogP contribution in [0, 0.1) is 5.82 Å². The number of amides is 1. The minimum atomic E-state index is -0.362. The highest BCUT2D eigenvalue weighted by atomic mass is 35.5. The Kier molecular flexibility index (Phi) is 5.56. The topological polar surface area (TPSA) is 35.6 Å². The summed E-state index contributed by atoms with van der Waals surface area (Å²) in [6.45, 7) is 5.02. The van der Waals surface area contributed by atoms with Crippen molar-refractivity contribution in [3.05, 3.63) is 59.4 Å². The molecule has 1 aliphatic heterocycles. The number of piperazine rings is 1. The molecule has 1 amide bonds. The summed E-state index contributed by atoms with van der Waals surface area (Å²) in [6.07, 6.45) is 0. The number of para-hydroxylation sites is 1. The van der Waals surface area contributed by atoms with Crippen molar-refractivity contribution in [2.45, 2.75) is 13.0 Å². The second-order valence-corrected chi connectivity index (χ2v) is 6.56. The molecule has 1 atom stereocenters. The first kappa shape index (κ1) is 17.7. The second kappa shape index (κ2) is 7.85. The van der Waals surface area contributed by atoms with Gasteiger partial charge in [0.1, 0.15) is 5.82 Å². The molecule has 0 spiro atoms. The van der Waals surface area contributed by atoms with Crippen LogP contribution in [0.25, 0.3) is 0 Å². The fourth-order valence-electron chi connectivity index (χ4n) is 3.04. The molecule has 0 radical (unpaired) electrons. The number of benzene rings is 2. The Balaban J connectivity index is 1.57. The Hall–Kier alpha value is -2.11. The van der Waals surface area contributed by atoms with Gasteiger partial charge in [-0.1, -0.05) is 29.8 Å². The smallest absolute Gasteiger partial charge is 0.241 e. The van der Waals surface area contributed by atoms with Gasteiger partial charge in [0.05, 0.1) is 16.8 Å². The largest absolute Gasteiger partial charge is 0.368 e. The van der Waals surface area contributed by atoms with Gasteiger partial charge in [0.15, 0.2) is 0 Å². The Bertz CT molecular complexity index is 747. The molecule has 0 unspecified atom stereocenters. The number of hydrogen-bond acceptors (Lipinski definition) is 3. The van der Waals surface area contributed by atoms with E-state index in [2.05, 4.69) is 15.1 Å². The van der Waals surface area contributed by atoms with E-state index in [9.17, 15) is 9.18 Å². The van der Waals surface area contributed by atoms with Crippen LogP contribution in [-0.4, -0.2) is 43.0 Å². The van der Waals surface area contributed by atoms with Crippen molar-refractivity contribution >= 4 is 28.9 Å². The molecule has 6 heteroatoms. The Labute approximate surface area is 152 Å². The molecule has 0 aliphatic carbocycles. The van der Waals surface area contributed by atoms with E-state index in [0.29, 0.717) is 5.69 Å². The number of nitrogens with zero attached hydrogens (tertiary/aromatic N) is 2. The molecule has 0 saturated carbocycles. The quantitative estimate of drug-likeness (QED) is 0.903. The van der Waals surface area contributed by atoms with Crippen LogP contribution in [0.15, 0.2) is 48.5 Å². The van der Waals surface area contributed by atoms with Crippen molar-refractivity contribution in [2.24, 2.45) is 0 Å². The van der Waals surface area contributed by atoms with Crippen LogP contribution in [0.5, 0.6) is 0 Å². The summed E-state index contributed by atoms with van der Waals surface area (Å²) >= 11 is 6.26. The van der Waals surface area contributed by atoms with Gasteiger partial charge in [0.25, 0.3) is 0 Å². The second-order valence-electron chi connectivity index (χ2n) is 6.15. The van der Waals surface area contributed by atoms with Gasteiger partial charge in [-0.05, 0) is 37.3 Å². The number of anilines is 2. The zero-order chi connectivity index (χ0) is 17.8. The van der Waals surface area contributed by atoms with Gasteiger partial charge in [-0.3, -0.25) is 9.69 Å². The highest BCUT2D eigenvalue weighted by Gasteiger charge is 2.26. The number of rotatable bonds is 4. The SMILES string of the molecule is C[C@@H](C(=O)Nc1cccc(F)c1)N1CCN(c2ccccc2Cl)CC1. The summed E-state index contributed by atoms with van der Waals surface area (Å²) in [5, 5.41) is 3.52. The van der Waals surface area contributed by atoms with Gasteiger partial charge in [0.2, 0.25) is 5.91 Å². The van der Waals surface area contributed by atoms with Crippen molar-refractivity contribution in [3.8, 4) is 0 Å². The summed E-state index contributed by atoms with van der Waals surface area (Å²) in [7, 11) is 0. The maximum absolute atomic E-state index is 13.2. The van der Waals surface area contributed by atoms with Crippen LogP contribution in [-0.2, 0) is 4.79 Å². The highest BCUT2D eigenvalue weighted by molar-refractivity contribution is 6.33. The molecular weight excluding hydrogens is 341 g/mol. The molecule has 1 fully saturated rings. The molecule has 0 bridgehead atoms.